The maximum atomic E-state index is 14.2. The summed E-state index contributed by atoms with van der Waals surface area (Å²) < 4.78 is 27.8. The van der Waals surface area contributed by atoms with Crippen molar-refractivity contribution in [3.8, 4) is 11.3 Å². The van der Waals surface area contributed by atoms with Crippen LogP contribution in [0.15, 0.2) is 54.7 Å². The normalized spacial score (nSPS) is 20.2. The fraction of sp³-hybridized carbons (Fsp3) is 0.296. The van der Waals surface area contributed by atoms with Gasteiger partial charge in [0.25, 0.3) is 5.91 Å². The number of aromatic amines is 1. The van der Waals surface area contributed by atoms with E-state index in [0.717, 1.165) is 33.9 Å². The summed E-state index contributed by atoms with van der Waals surface area (Å²) in [6.07, 6.45) is 3.83. The Kier molecular flexibility index (Phi) is 6.06. The van der Waals surface area contributed by atoms with Crippen molar-refractivity contribution in [3.63, 3.8) is 0 Å². The Bertz CT molecular complexity index is 1400. The molecule has 4 aromatic rings. The van der Waals surface area contributed by atoms with Crippen molar-refractivity contribution in [2.24, 2.45) is 0 Å². The Hall–Kier alpha value is -3.65. The molecule has 1 aliphatic carbocycles. The Morgan fingerprint density at radius 2 is 2.09 bits per heavy atom. The van der Waals surface area contributed by atoms with Gasteiger partial charge in [0, 0.05) is 40.9 Å². The average molecular weight is 477 g/mol. The van der Waals surface area contributed by atoms with E-state index in [1.807, 2.05) is 25.1 Å². The Morgan fingerprint density at radius 1 is 1.23 bits per heavy atom. The summed E-state index contributed by atoms with van der Waals surface area (Å²) in [5.41, 5.74) is 2.74. The molecule has 0 aliphatic heterocycles. The quantitative estimate of drug-likeness (QED) is 0.384. The molecular weight excluding hydrogens is 450 g/mol. The third-order valence-corrected chi connectivity index (χ3v) is 6.70. The first kappa shape index (κ1) is 23.1. The minimum atomic E-state index is -1.22. The van der Waals surface area contributed by atoms with Gasteiger partial charge < -0.3 is 10.4 Å². The fourth-order valence-electron chi connectivity index (χ4n) is 5.00. The number of rotatable bonds is 5. The lowest BCUT2D eigenvalue weighted by Gasteiger charge is -2.37. The van der Waals surface area contributed by atoms with Crippen LogP contribution in [0.1, 0.15) is 47.3 Å². The highest BCUT2D eigenvalue weighted by atomic mass is 19.2. The van der Waals surface area contributed by atoms with Gasteiger partial charge in [-0.2, -0.15) is 5.10 Å². The van der Waals surface area contributed by atoms with Crippen LogP contribution in [-0.2, 0) is 6.42 Å². The number of hydrogen-bond donors (Lipinski definition) is 3. The van der Waals surface area contributed by atoms with Crippen molar-refractivity contribution in [2.45, 2.75) is 50.7 Å². The number of halogens is 2. The number of H-pyrrole nitrogens is 1. The average Bonchev–Trinajstić information content (AvgIpc) is 3.25. The summed E-state index contributed by atoms with van der Waals surface area (Å²) >= 11 is 0. The van der Waals surface area contributed by atoms with Crippen molar-refractivity contribution in [2.75, 3.05) is 0 Å². The zero-order chi connectivity index (χ0) is 24.6. The van der Waals surface area contributed by atoms with Gasteiger partial charge in [-0.3, -0.25) is 14.9 Å². The number of pyridine rings is 1. The molecule has 0 saturated heterocycles. The largest absolute Gasteiger partial charge is 0.389 e. The fourth-order valence-corrected chi connectivity index (χ4v) is 5.00. The highest BCUT2D eigenvalue weighted by Crippen LogP contribution is 2.33. The number of aliphatic hydroxyl groups is 1. The van der Waals surface area contributed by atoms with Crippen molar-refractivity contribution >= 4 is 16.8 Å². The van der Waals surface area contributed by atoms with E-state index in [1.54, 1.807) is 18.3 Å². The molecule has 180 valence electrons. The van der Waals surface area contributed by atoms with E-state index < -0.39 is 17.2 Å². The van der Waals surface area contributed by atoms with E-state index in [4.69, 9.17) is 0 Å². The standard InChI is InChI=1S/C27H26F2N4O2/c1-16-12-17(9-11-30-16)25-21-13-18(7-8-23(21)32-33-25)26(34)31-20-5-3-10-27(35,15-20)14-19-4-2-6-22(28)24(19)29/h2,4,6-9,11-13,20,35H,3,5,10,14-15H2,1H3,(H,31,34)(H,32,33). The zero-order valence-corrected chi connectivity index (χ0v) is 19.3. The third-order valence-electron chi connectivity index (χ3n) is 6.70. The summed E-state index contributed by atoms with van der Waals surface area (Å²) in [5, 5.41) is 22.4. The number of aromatic nitrogens is 3. The third kappa shape index (κ3) is 4.79. The number of nitrogens with one attached hydrogen (secondary N) is 2. The lowest BCUT2D eigenvalue weighted by atomic mass is 9.78. The number of hydrogen-bond acceptors (Lipinski definition) is 4. The second-order valence-corrected chi connectivity index (χ2v) is 9.40. The molecule has 1 fully saturated rings. The molecule has 8 heteroatoms. The first-order valence-electron chi connectivity index (χ1n) is 11.7. The van der Waals surface area contributed by atoms with Crippen molar-refractivity contribution in [1.29, 1.82) is 0 Å². The molecule has 1 amide bonds. The molecule has 6 nitrogen and oxygen atoms in total. The van der Waals surface area contributed by atoms with Crippen LogP contribution in [0, 0.1) is 18.6 Å². The van der Waals surface area contributed by atoms with E-state index in [2.05, 4.69) is 20.5 Å². The predicted octanol–water partition coefficient (Wildman–Crippen LogP) is 4.86. The molecule has 35 heavy (non-hydrogen) atoms. The molecular formula is C27H26F2N4O2. The molecule has 3 N–H and O–H groups in total. The Labute approximate surface area is 201 Å². The number of aryl methyl sites for hydroxylation is 1. The van der Waals surface area contributed by atoms with Gasteiger partial charge in [0.2, 0.25) is 0 Å². The number of amides is 1. The van der Waals surface area contributed by atoms with E-state index >= 15 is 0 Å². The highest BCUT2D eigenvalue weighted by Gasteiger charge is 2.36. The molecule has 2 aromatic carbocycles. The molecule has 0 radical (unpaired) electrons. The van der Waals surface area contributed by atoms with Crippen LogP contribution in [0.3, 0.4) is 0 Å². The molecule has 1 aliphatic rings. The summed E-state index contributed by atoms with van der Waals surface area (Å²) in [4.78, 5) is 17.3. The lowest BCUT2D eigenvalue weighted by Crippen LogP contribution is -2.47. The van der Waals surface area contributed by atoms with Gasteiger partial charge >= 0.3 is 0 Å². The number of fused-ring (bicyclic) bond motifs is 1. The minimum Gasteiger partial charge on any atom is -0.389 e. The molecule has 0 spiro atoms. The molecule has 2 unspecified atom stereocenters. The first-order valence-corrected chi connectivity index (χ1v) is 11.7. The predicted molar refractivity (Wildman–Crippen MR) is 129 cm³/mol. The van der Waals surface area contributed by atoms with Crippen LogP contribution >= 0.6 is 0 Å². The molecule has 1 saturated carbocycles. The number of benzene rings is 2. The zero-order valence-electron chi connectivity index (χ0n) is 19.3. The van der Waals surface area contributed by atoms with Gasteiger partial charge in [0.05, 0.1) is 11.1 Å². The van der Waals surface area contributed by atoms with Gasteiger partial charge in [-0.05, 0) is 74.6 Å². The number of nitrogens with zero attached hydrogens (tertiary/aromatic N) is 2. The van der Waals surface area contributed by atoms with Gasteiger partial charge in [0.15, 0.2) is 11.6 Å². The smallest absolute Gasteiger partial charge is 0.251 e. The van der Waals surface area contributed by atoms with Gasteiger partial charge in [0.1, 0.15) is 5.69 Å². The topological polar surface area (TPSA) is 90.9 Å². The lowest BCUT2D eigenvalue weighted by molar-refractivity contribution is -0.00694. The van der Waals surface area contributed by atoms with E-state index in [-0.39, 0.29) is 30.4 Å². The van der Waals surface area contributed by atoms with E-state index in [9.17, 15) is 18.7 Å². The van der Waals surface area contributed by atoms with Crippen molar-refractivity contribution < 1.29 is 18.7 Å². The van der Waals surface area contributed by atoms with Crippen LogP contribution in [0.2, 0.25) is 0 Å². The molecule has 5 rings (SSSR count). The summed E-state index contributed by atoms with van der Waals surface area (Å²) in [7, 11) is 0. The van der Waals surface area contributed by atoms with Crippen LogP contribution in [-0.4, -0.2) is 37.8 Å². The van der Waals surface area contributed by atoms with Crippen molar-refractivity contribution in [1.82, 2.24) is 20.5 Å². The van der Waals surface area contributed by atoms with Gasteiger partial charge in [-0.25, -0.2) is 8.78 Å². The summed E-state index contributed by atoms with van der Waals surface area (Å²) in [6.45, 7) is 1.91. The molecule has 0 bridgehead atoms. The summed E-state index contributed by atoms with van der Waals surface area (Å²) in [5.74, 6) is -2.11. The maximum absolute atomic E-state index is 14.2. The van der Waals surface area contributed by atoms with Crippen molar-refractivity contribution in [3.05, 3.63) is 83.2 Å². The van der Waals surface area contributed by atoms with E-state index in [1.165, 1.54) is 12.1 Å². The SMILES string of the molecule is Cc1cc(-c2n[nH]c3ccc(C(=O)NC4CCCC(O)(Cc5cccc(F)c5F)C4)cc23)ccn1. The van der Waals surface area contributed by atoms with Crippen LogP contribution in [0.5, 0.6) is 0 Å². The molecule has 2 aromatic heterocycles. The minimum absolute atomic E-state index is 0.00134. The van der Waals surface area contributed by atoms with Gasteiger partial charge in [-0.1, -0.05) is 12.1 Å². The summed E-state index contributed by atoms with van der Waals surface area (Å²) in [6, 6.07) is 12.9. The second-order valence-electron chi connectivity index (χ2n) is 9.40. The van der Waals surface area contributed by atoms with Crippen LogP contribution in [0.25, 0.3) is 22.2 Å². The van der Waals surface area contributed by atoms with Crippen LogP contribution in [0.4, 0.5) is 8.78 Å². The monoisotopic (exact) mass is 476 g/mol. The maximum Gasteiger partial charge on any atom is 0.251 e. The molecule has 2 atom stereocenters. The second kappa shape index (κ2) is 9.19. The molecule has 2 heterocycles. The first-order chi connectivity index (χ1) is 16.8. The Morgan fingerprint density at radius 3 is 2.91 bits per heavy atom. The Balaban J connectivity index is 1.33. The van der Waals surface area contributed by atoms with Crippen LogP contribution < -0.4 is 5.32 Å². The van der Waals surface area contributed by atoms with E-state index in [0.29, 0.717) is 24.8 Å². The number of carbonyl (C=O) groups excluding carboxylic acids is 1. The highest BCUT2D eigenvalue weighted by molar-refractivity contribution is 6.01. The van der Waals surface area contributed by atoms with Gasteiger partial charge in [-0.15, -0.1) is 0 Å². The number of carbonyl (C=O) groups is 1.